The zero-order chi connectivity index (χ0) is 21.3. The second-order valence-electron chi connectivity index (χ2n) is 7.26. The Hall–Kier alpha value is -2.03. The number of hydrogen-bond acceptors (Lipinski definition) is 5. The molecule has 0 bridgehead atoms. The lowest BCUT2D eigenvalue weighted by Crippen LogP contribution is -2.37. The Kier molecular flexibility index (Phi) is 6.09. The molecule has 2 atom stereocenters. The van der Waals surface area contributed by atoms with E-state index < -0.39 is 9.84 Å². The molecule has 6 nitrogen and oxygen atoms in total. The summed E-state index contributed by atoms with van der Waals surface area (Å²) in [5, 5.41) is 0.787. The van der Waals surface area contributed by atoms with Crippen LogP contribution in [-0.4, -0.2) is 49.4 Å². The van der Waals surface area contributed by atoms with Gasteiger partial charge in [0.15, 0.2) is 15.0 Å². The Labute approximate surface area is 185 Å². The molecule has 2 heterocycles. The number of carbonyl (C=O) groups is 1. The fraction of sp³-hybridized carbons (Fsp3) is 0.333. The number of hydrogen-bond donors (Lipinski definition) is 0. The maximum absolute atomic E-state index is 12.6. The van der Waals surface area contributed by atoms with Crippen molar-refractivity contribution in [3.05, 3.63) is 59.1 Å². The summed E-state index contributed by atoms with van der Waals surface area (Å²) in [7, 11) is -1.60. The third-order valence-electron chi connectivity index (χ3n) is 5.17. The number of thioether (sulfide) groups is 1. The molecule has 158 valence electrons. The van der Waals surface area contributed by atoms with Crippen molar-refractivity contribution in [3.63, 3.8) is 0 Å². The van der Waals surface area contributed by atoms with Crippen molar-refractivity contribution >= 4 is 50.0 Å². The SMILES string of the molecule is COc1ccc(N2C(=NC(=O)CCc3ccccc3)S[C@H]3CS(=O)(=O)C[C@H]32)cc1Cl. The largest absolute Gasteiger partial charge is 0.495 e. The molecule has 0 aliphatic carbocycles. The summed E-state index contributed by atoms with van der Waals surface area (Å²) in [6.07, 6.45) is 0.898. The number of anilines is 1. The Morgan fingerprint density at radius 2 is 2.00 bits per heavy atom. The summed E-state index contributed by atoms with van der Waals surface area (Å²) in [5.41, 5.74) is 1.78. The molecule has 0 N–H and O–H groups in total. The van der Waals surface area contributed by atoms with Crippen LogP contribution in [0.2, 0.25) is 5.02 Å². The van der Waals surface area contributed by atoms with Crippen molar-refractivity contribution in [2.75, 3.05) is 23.5 Å². The van der Waals surface area contributed by atoms with E-state index in [1.54, 1.807) is 12.1 Å². The number of amides is 1. The Morgan fingerprint density at radius 1 is 1.23 bits per heavy atom. The quantitative estimate of drug-likeness (QED) is 0.673. The van der Waals surface area contributed by atoms with Gasteiger partial charge >= 0.3 is 0 Å². The van der Waals surface area contributed by atoms with E-state index in [0.29, 0.717) is 34.5 Å². The molecule has 2 aromatic rings. The van der Waals surface area contributed by atoms with Gasteiger partial charge < -0.3 is 9.64 Å². The Morgan fingerprint density at radius 3 is 2.70 bits per heavy atom. The standard InChI is InChI=1S/C21H21ClN2O4S2/c1-28-18-9-8-15(11-16(18)22)24-17-12-30(26,27)13-19(17)29-21(24)23-20(25)10-7-14-5-3-2-4-6-14/h2-6,8-9,11,17,19H,7,10,12-13H2,1H3/t17-,19+/m1/s1. The number of aryl methyl sites for hydroxylation is 1. The van der Waals surface area contributed by atoms with Crippen LogP contribution >= 0.6 is 23.4 Å². The van der Waals surface area contributed by atoms with E-state index in [4.69, 9.17) is 16.3 Å². The molecule has 0 radical (unpaired) electrons. The molecule has 4 rings (SSSR count). The number of nitrogens with zero attached hydrogens (tertiary/aromatic N) is 2. The molecule has 30 heavy (non-hydrogen) atoms. The molecule has 0 unspecified atom stereocenters. The number of amidine groups is 1. The molecule has 2 saturated heterocycles. The van der Waals surface area contributed by atoms with Crippen molar-refractivity contribution in [3.8, 4) is 5.75 Å². The van der Waals surface area contributed by atoms with Crippen LogP contribution < -0.4 is 9.64 Å². The maximum Gasteiger partial charge on any atom is 0.248 e. The Bertz CT molecular complexity index is 1090. The van der Waals surface area contributed by atoms with Gasteiger partial charge in [-0.3, -0.25) is 4.79 Å². The smallest absolute Gasteiger partial charge is 0.248 e. The van der Waals surface area contributed by atoms with E-state index in [1.807, 2.05) is 41.3 Å². The predicted molar refractivity (Wildman–Crippen MR) is 122 cm³/mol. The molecule has 9 heteroatoms. The van der Waals surface area contributed by atoms with Crippen LogP contribution in [0.4, 0.5) is 5.69 Å². The lowest BCUT2D eigenvalue weighted by atomic mass is 10.1. The number of sulfone groups is 1. The van der Waals surface area contributed by atoms with Crippen LogP contribution in [0.25, 0.3) is 0 Å². The van der Waals surface area contributed by atoms with Crippen molar-refractivity contribution in [2.24, 2.45) is 4.99 Å². The molecule has 0 spiro atoms. The number of aliphatic imine (C=N–C) groups is 1. The number of methoxy groups -OCH3 is 1. The van der Waals surface area contributed by atoms with Gasteiger partial charge in [-0.05, 0) is 30.2 Å². The van der Waals surface area contributed by atoms with E-state index in [0.717, 1.165) is 5.56 Å². The topological polar surface area (TPSA) is 76.0 Å². The highest BCUT2D eigenvalue weighted by molar-refractivity contribution is 8.16. The van der Waals surface area contributed by atoms with E-state index >= 15 is 0 Å². The minimum absolute atomic E-state index is 0.0333. The number of ether oxygens (including phenoxy) is 1. The first-order valence-electron chi connectivity index (χ1n) is 9.51. The second-order valence-corrected chi connectivity index (χ2v) is 11.0. The highest BCUT2D eigenvalue weighted by Gasteiger charge is 2.49. The Balaban J connectivity index is 1.60. The molecule has 0 aromatic heterocycles. The van der Waals surface area contributed by atoms with Crippen molar-refractivity contribution in [1.82, 2.24) is 0 Å². The third kappa shape index (κ3) is 4.50. The number of carbonyl (C=O) groups excluding carboxylic acids is 1. The maximum atomic E-state index is 12.6. The van der Waals surface area contributed by atoms with Gasteiger partial charge in [-0.25, -0.2) is 8.42 Å². The third-order valence-corrected chi connectivity index (χ3v) is 8.68. The number of rotatable bonds is 5. The minimum atomic E-state index is -3.13. The van der Waals surface area contributed by atoms with Gasteiger partial charge in [0.05, 0.1) is 29.7 Å². The molecule has 2 aromatic carbocycles. The first-order valence-corrected chi connectivity index (χ1v) is 12.6. The van der Waals surface area contributed by atoms with Crippen LogP contribution in [0.15, 0.2) is 53.5 Å². The van der Waals surface area contributed by atoms with Gasteiger partial charge in [0.2, 0.25) is 5.91 Å². The summed E-state index contributed by atoms with van der Waals surface area (Å²) >= 11 is 7.65. The highest BCUT2D eigenvalue weighted by atomic mass is 35.5. The summed E-state index contributed by atoms with van der Waals surface area (Å²) in [6, 6.07) is 14.8. The average molecular weight is 465 g/mol. The number of fused-ring (bicyclic) bond motifs is 1. The summed E-state index contributed by atoms with van der Waals surface area (Å²) in [5.74, 6) is 0.417. The van der Waals surface area contributed by atoms with E-state index in [1.165, 1.54) is 18.9 Å². The average Bonchev–Trinajstić information content (AvgIpc) is 3.17. The van der Waals surface area contributed by atoms with Crippen LogP contribution in [0.5, 0.6) is 5.75 Å². The van der Waals surface area contributed by atoms with Crippen molar-refractivity contribution in [1.29, 1.82) is 0 Å². The van der Waals surface area contributed by atoms with Crippen LogP contribution in [0.1, 0.15) is 12.0 Å². The zero-order valence-corrected chi connectivity index (χ0v) is 18.7. The molecule has 2 fully saturated rings. The lowest BCUT2D eigenvalue weighted by molar-refractivity contribution is -0.117. The normalized spacial score (nSPS) is 23.5. The molecule has 1 amide bonds. The highest BCUT2D eigenvalue weighted by Crippen LogP contribution is 2.42. The van der Waals surface area contributed by atoms with Gasteiger partial charge in [-0.15, -0.1) is 0 Å². The minimum Gasteiger partial charge on any atom is -0.495 e. The monoisotopic (exact) mass is 464 g/mol. The zero-order valence-electron chi connectivity index (χ0n) is 16.3. The summed E-state index contributed by atoms with van der Waals surface area (Å²) < 4.78 is 29.6. The van der Waals surface area contributed by atoms with Crippen molar-refractivity contribution in [2.45, 2.75) is 24.1 Å². The number of benzene rings is 2. The second kappa shape index (κ2) is 8.61. The van der Waals surface area contributed by atoms with E-state index in [9.17, 15) is 13.2 Å². The first kappa shape index (κ1) is 21.2. The van der Waals surface area contributed by atoms with Gasteiger partial charge in [-0.1, -0.05) is 53.7 Å². The summed E-state index contributed by atoms with van der Waals surface area (Å²) in [6.45, 7) is 0. The van der Waals surface area contributed by atoms with Gasteiger partial charge in [0.25, 0.3) is 0 Å². The molecule has 2 aliphatic heterocycles. The summed E-state index contributed by atoms with van der Waals surface area (Å²) in [4.78, 5) is 18.8. The fourth-order valence-corrected chi connectivity index (χ4v) is 7.91. The predicted octanol–water partition coefficient (Wildman–Crippen LogP) is 3.58. The first-order chi connectivity index (χ1) is 14.4. The molecular formula is C21H21ClN2O4S2. The molecule has 0 saturated carbocycles. The van der Waals surface area contributed by atoms with Gasteiger partial charge in [0, 0.05) is 17.4 Å². The lowest BCUT2D eigenvalue weighted by Gasteiger charge is -2.25. The van der Waals surface area contributed by atoms with E-state index in [2.05, 4.69) is 4.99 Å². The fourth-order valence-electron chi connectivity index (χ4n) is 3.73. The van der Waals surface area contributed by atoms with Crippen LogP contribution in [0.3, 0.4) is 0 Å². The van der Waals surface area contributed by atoms with Crippen LogP contribution in [0, 0.1) is 0 Å². The molecular weight excluding hydrogens is 444 g/mol. The van der Waals surface area contributed by atoms with E-state index in [-0.39, 0.29) is 28.7 Å². The van der Waals surface area contributed by atoms with Gasteiger partial charge in [-0.2, -0.15) is 4.99 Å². The number of halogens is 1. The molecule has 2 aliphatic rings. The van der Waals surface area contributed by atoms with Gasteiger partial charge in [0.1, 0.15) is 5.75 Å². The van der Waals surface area contributed by atoms with Crippen molar-refractivity contribution < 1.29 is 17.9 Å². The van der Waals surface area contributed by atoms with Crippen LogP contribution in [-0.2, 0) is 21.1 Å².